The van der Waals surface area contributed by atoms with Crippen LogP contribution in [0, 0.1) is 0 Å². The van der Waals surface area contributed by atoms with Crippen LogP contribution in [-0.4, -0.2) is 27.4 Å². The maximum Gasteiger partial charge on any atom is 0.433 e. The predicted octanol–water partition coefficient (Wildman–Crippen LogP) is 4.76. The van der Waals surface area contributed by atoms with Crippen LogP contribution in [0.2, 0.25) is 0 Å². The molecule has 1 fully saturated rings. The Morgan fingerprint density at radius 1 is 1.24 bits per heavy atom. The van der Waals surface area contributed by atoms with Gasteiger partial charge in [-0.25, -0.2) is 4.98 Å². The van der Waals surface area contributed by atoms with Crippen LogP contribution in [0.25, 0.3) is 11.3 Å². The van der Waals surface area contributed by atoms with Crippen LogP contribution >= 0.6 is 11.5 Å². The number of methoxy groups -OCH3 is 1. The third-order valence-electron chi connectivity index (χ3n) is 4.45. The summed E-state index contributed by atoms with van der Waals surface area (Å²) in [6.07, 6.45) is -0.141. The zero-order valence-electron chi connectivity index (χ0n) is 15.2. The van der Waals surface area contributed by atoms with Crippen molar-refractivity contribution in [3.05, 3.63) is 52.8 Å². The summed E-state index contributed by atoms with van der Waals surface area (Å²) in [5.74, 6) is 0.0750. The van der Waals surface area contributed by atoms with Gasteiger partial charge in [-0.2, -0.15) is 17.5 Å². The van der Waals surface area contributed by atoms with E-state index in [1.807, 2.05) is 6.07 Å². The summed E-state index contributed by atoms with van der Waals surface area (Å²) in [5, 5.41) is 2.53. The summed E-state index contributed by atoms with van der Waals surface area (Å²) in [6.45, 7) is 0. The maximum atomic E-state index is 12.9. The topological polar surface area (TPSA) is 77.0 Å². The van der Waals surface area contributed by atoms with Gasteiger partial charge in [0.2, 0.25) is 5.88 Å². The number of carbonyl (C=O) groups excluding carboxylic acids is 1. The third-order valence-corrected chi connectivity index (χ3v) is 5.31. The number of ether oxygens (including phenoxy) is 1. The minimum absolute atomic E-state index is 0.0213. The molecule has 0 radical (unpaired) electrons. The van der Waals surface area contributed by atoms with Crippen molar-refractivity contribution in [3.63, 3.8) is 0 Å². The van der Waals surface area contributed by atoms with Crippen LogP contribution in [0.1, 0.15) is 39.7 Å². The summed E-state index contributed by atoms with van der Waals surface area (Å²) in [6, 6.07) is 5.69. The molecule has 6 nitrogen and oxygen atoms in total. The highest BCUT2D eigenvalue weighted by Crippen LogP contribution is 2.48. The SMILES string of the molecule is COc1ncccc1-c1nsc(C(=O)Nc2ccnc(C(F)(F)F)c2)c1C1CC1. The largest absolute Gasteiger partial charge is 0.481 e. The molecule has 0 aliphatic heterocycles. The number of anilines is 1. The van der Waals surface area contributed by atoms with Gasteiger partial charge in [-0.1, -0.05) is 0 Å². The van der Waals surface area contributed by atoms with E-state index < -0.39 is 17.8 Å². The number of rotatable bonds is 5. The molecule has 1 N–H and O–H groups in total. The Balaban J connectivity index is 1.68. The van der Waals surface area contributed by atoms with E-state index in [0.717, 1.165) is 42.2 Å². The molecule has 0 aromatic carbocycles. The number of hydrogen-bond acceptors (Lipinski definition) is 6. The Bertz CT molecular complexity index is 1060. The second-order valence-corrected chi connectivity index (χ2v) is 7.26. The van der Waals surface area contributed by atoms with Crippen molar-refractivity contribution in [1.29, 1.82) is 0 Å². The maximum absolute atomic E-state index is 12.9. The molecule has 150 valence electrons. The fourth-order valence-electron chi connectivity index (χ4n) is 2.99. The minimum Gasteiger partial charge on any atom is -0.481 e. The molecule has 29 heavy (non-hydrogen) atoms. The number of hydrogen-bond donors (Lipinski definition) is 1. The van der Waals surface area contributed by atoms with Gasteiger partial charge < -0.3 is 10.1 Å². The smallest absolute Gasteiger partial charge is 0.433 e. The first-order valence-corrected chi connectivity index (χ1v) is 9.49. The normalized spacial score (nSPS) is 13.9. The molecular formula is C19H15F3N4O2S. The van der Waals surface area contributed by atoms with Crippen LogP contribution in [0.3, 0.4) is 0 Å². The van der Waals surface area contributed by atoms with Crippen molar-refractivity contribution in [3.8, 4) is 17.1 Å². The fourth-order valence-corrected chi connectivity index (χ4v) is 3.87. The van der Waals surface area contributed by atoms with Crippen LogP contribution in [0.4, 0.5) is 18.9 Å². The quantitative estimate of drug-likeness (QED) is 0.644. The van der Waals surface area contributed by atoms with Crippen LogP contribution < -0.4 is 10.1 Å². The van der Waals surface area contributed by atoms with E-state index in [2.05, 4.69) is 19.7 Å². The highest BCUT2D eigenvalue weighted by molar-refractivity contribution is 7.08. The molecule has 1 aliphatic carbocycles. The van der Waals surface area contributed by atoms with Gasteiger partial charge >= 0.3 is 6.18 Å². The lowest BCUT2D eigenvalue weighted by molar-refractivity contribution is -0.141. The van der Waals surface area contributed by atoms with Gasteiger partial charge in [0.1, 0.15) is 10.6 Å². The molecular weight excluding hydrogens is 405 g/mol. The number of amides is 1. The Morgan fingerprint density at radius 3 is 2.72 bits per heavy atom. The first-order chi connectivity index (χ1) is 13.9. The zero-order valence-corrected chi connectivity index (χ0v) is 16.0. The molecule has 0 atom stereocenters. The van der Waals surface area contributed by atoms with E-state index in [1.54, 1.807) is 12.3 Å². The van der Waals surface area contributed by atoms with Gasteiger partial charge in [0.25, 0.3) is 5.91 Å². The molecule has 3 heterocycles. The van der Waals surface area contributed by atoms with Crippen molar-refractivity contribution in [2.45, 2.75) is 24.9 Å². The molecule has 3 aromatic rings. The van der Waals surface area contributed by atoms with Crippen molar-refractivity contribution in [2.75, 3.05) is 12.4 Å². The molecule has 10 heteroatoms. The van der Waals surface area contributed by atoms with E-state index in [4.69, 9.17) is 4.74 Å². The Labute approximate surface area is 167 Å². The minimum atomic E-state index is -4.59. The van der Waals surface area contributed by atoms with Gasteiger partial charge in [0, 0.05) is 23.6 Å². The first kappa shape index (κ1) is 19.3. The number of halogens is 3. The van der Waals surface area contributed by atoms with Crippen molar-refractivity contribution < 1.29 is 22.7 Å². The Morgan fingerprint density at radius 2 is 2.03 bits per heavy atom. The van der Waals surface area contributed by atoms with Gasteiger partial charge in [-0.15, -0.1) is 0 Å². The molecule has 1 saturated carbocycles. The molecule has 4 rings (SSSR count). The molecule has 1 aliphatic rings. The molecule has 3 aromatic heterocycles. The van der Waals surface area contributed by atoms with E-state index in [9.17, 15) is 18.0 Å². The van der Waals surface area contributed by atoms with E-state index >= 15 is 0 Å². The van der Waals surface area contributed by atoms with Crippen molar-refractivity contribution >= 4 is 23.1 Å². The Kier molecular flexibility index (Phi) is 4.95. The molecule has 0 saturated heterocycles. The second-order valence-electron chi connectivity index (χ2n) is 6.49. The summed E-state index contributed by atoms with van der Waals surface area (Å²) in [5.41, 5.74) is 1.04. The van der Waals surface area contributed by atoms with E-state index in [-0.39, 0.29) is 11.6 Å². The monoisotopic (exact) mass is 420 g/mol. The summed E-state index contributed by atoms with van der Waals surface area (Å²) in [4.78, 5) is 20.7. The number of pyridine rings is 2. The summed E-state index contributed by atoms with van der Waals surface area (Å²) >= 11 is 1.01. The van der Waals surface area contributed by atoms with Crippen LogP contribution in [0.5, 0.6) is 5.88 Å². The Hall–Kier alpha value is -3.01. The average Bonchev–Trinajstić information content (AvgIpc) is 3.45. The predicted molar refractivity (Wildman–Crippen MR) is 101 cm³/mol. The summed E-state index contributed by atoms with van der Waals surface area (Å²) < 4.78 is 48.4. The van der Waals surface area contributed by atoms with Gasteiger partial charge in [0.05, 0.1) is 18.4 Å². The zero-order chi connectivity index (χ0) is 20.6. The van der Waals surface area contributed by atoms with Gasteiger partial charge in [-0.05, 0) is 54.6 Å². The van der Waals surface area contributed by atoms with Crippen molar-refractivity contribution in [2.24, 2.45) is 0 Å². The highest BCUT2D eigenvalue weighted by Gasteiger charge is 2.35. The number of carbonyl (C=O) groups is 1. The lowest BCUT2D eigenvalue weighted by atomic mass is 10.0. The first-order valence-electron chi connectivity index (χ1n) is 8.72. The van der Waals surface area contributed by atoms with Crippen LogP contribution in [-0.2, 0) is 6.18 Å². The molecule has 0 bridgehead atoms. The second kappa shape index (κ2) is 7.43. The molecule has 0 spiro atoms. The molecule has 1 amide bonds. The lowest BCUT2D eigenvalue weighted by Gasteiger charge is -2.10. The van der Waals surface area contributed by atoms with E-state index in [0.29, 0.717) is 22.0 Å². The highest BCUT2D eigenvalue weighted by atomic mass is 32.1. The number of aromatic nitrogens is 3. The van der Waals surface area contributed by atoms with E-state index in [1.165, 1.54) is 13.2 Å². The average molecular weight is 420 g/mol. The molecule has 0 unspecified atom stereocenters. The third kappa shape index (κ3) is 3.93. The van der Waals surface area contributed by atoms with Gasteiger partial charge in [-0.3, -0.25) is 9.78 Å². The fraction of sp³-hybridized carbons (Fsp3) is 0.263. The van der Waals surface area contributed by atoms with Gasteiger partial charge in [0.15, 0.2) is 0 Å². The number of nitrogens with zero attached hydrogens (tertiary/aromatic N) is 3. The lowest BCUT2D eigenvalue weighted by Crippen LogP contribution is -2.14. The summed E-state index contributed by atoms with van der Waals surface area (Å²) in [7, 11) is 1.50. The standard InChI is InChI=1S/C19H15F3N4O2S/c1-28-18-12(3-2-7-24-18)15-14(10-4-5-10)16(29-26-15)17(27)25-11-6-8-23-13(9-11)19(20,21)22/h2-3,6-10H,4-5H2,1H3,(H,23,25,27). The number of alkyl halides is 3. The number of nitrogens with one attached hydrogen (secondary N) is 1. The van der Waals surface area contributed by atoms with Crippen LogP contribution in [0.15, 0.2) is 36.7 Å². The van der Waals surface area contributed by atoms with Crippen molar-refractivity contribution in [1.82, 2.24) is 14.3 Å².